The third kappa shape index (κ3) is 31.4. The number of rotatable bonds is 32. The van der Waals surface area contributed by atoms with Gasteiger partial charge in [-0.3, -0.25) is 9.59 Å². The van der Waals surface area contributed by atoms with Crippen molar-refractivity contribution in [3.8, 4) is 0 Å². The number of carbonyl (C=O) groups excluding carboxylic acids is 2. The first-order valence-corrected chi connectivity index (χ1v) is 17.7. The molecule has 0 saturated heterocycles. The van der Waals surface area contributed by atoms with Crippen LogP contribution in [-0.2, 0) is 19.1 Å². The number of carbonyl (C=O) groups is 2. The second-order valence-electron chi connectivity index (χ2n) is 12.0. The summed E-state index contributed by atoms with van der Waals surface area (Å²) < 4.78 is 10.6. The molecule has 0 saturated carbocycles. The second-order valence-corrected chi connectivity index (χ2v) is 12.0. The van der Waals surface area contributed by atoms with Gasteiger partial charge in [-0.2, -0.15) is 0 Å². The quantitative estimate of drug-likeness (QED) is 0.0487. The van der Waals surface area contributed by atoms with Gasteiger partial charge in [0.05, 0.1) is 6.61 Å². The van der Waals surface area contributed by atoms with Crippen LogP contribution in [0.2, 0.25) is 0 Å². The molecule has 0 aromatic carbocycles. The van der Waals surface area contributed by atoms with E-state index in [1.807, 2.05) is 0 Å². The molecule has 0 bridgehead atoms. The minimum absolute atomic E-state index is 0.0628. The van der Waals surface area contributed by atoms with Crippen molar-refractivity contribution in [2.75, 3.05) is 13.2 Å². The SMILES string of the molecule is CCCCCCC=CCCCCCCCCCC(=O)OCC(CO)OC(=O)CCCCCCCCCCCCCC. The maximum absolute atomic E-state index is 12.1. The summed E-state index contributed by atoms with van der Waals surface area (Å²) in [6.07, 6.45) is 35.5. The van der Waals surface area contributed by atoms with E-state index in [9.17, 15) is 14.7 Å². The number of ether oxygens (including phenoxy) is 2. The van der Waals surface area contributed by atoms with Gasteiger partial charge in [-0.15, -0.1) is 0 Å². The predicted molar refractivity (Wildman–Crippen MR) is 173 cm³/mol. The van der Waals surface area contributed by atoms with E-state index in [1.165, 1.54) is 122 Å². The summed E-state index contributed by atoms with van der Waals surface area (Å²) in [6.45, 7) is 4.11. The Morgan fingerprint density at radius 2 is 0.902 bits per heavy atom. The van der Waals surface area contributed by atoms with E-state index in [0.717, 1.165) is 38.5 Å². The van der Waals surface area contributed by atoms with Crippen molar-refractivity contribution in [3.63, 3.8) is 0 Å². The summed E-state index contributed by atoms with van der Waals surface area (Å²) in [5, 5.41) is 9.51. The summed E-state index contributed by atoms with van der Waals surface area (Å²) in [5.74, 6) is -0.590. The molecular formula is C36H68O5. The number of hydrogen-bond donors (Lipinski definition) is 1. The van der Waals surface area contributed by atoms with Crippen LogP contribution in [0.5, 0.6) is 0 Å². The third-order valence-electron chi connectivity index (χ3n) is 7.81. The van der Waals surface area contributed by atoms with Gasteiger partial charge < -0.3 is 14.6 Å². The van der Waals surface area contributed by atoms with Gasteiger partial charge >= 0.3 is 11.9 Å². The van der Waals surface area contributed by atoms with E-state index in [4.69, 9.17) is 9.47 Å². The van der Waals surface area contributed by atoms with Crippen molar-refractivity contribution in [2.45, 2.75) is 193 Å². The zero-order chi connectivity index (χ0) is 30.1. The molecule has 0 aromatic rings. The normalized spacial score (nSPS) is 12.2. The summed E-state index contributed by atoms with van der Waals surface area (Å²) in [6, 6.07) is 0. The lowest BCUT2D eigenvalue weighted by atomic mass is 10.0. The van der Waals surface area contributed by atoms with Crippen molar-refractivity contribution >= 4 is 11.9 Å². The summed E-state index contributed by atoms with van der Waals surface area (Å²) in [4.78, 5) is 24.1. The zero-order valence-corrected chi connectivity index (χ0v) is 27.3. The van der Waals surface area contributed by atoms with Crippen LogP contribution in [0.25, 0.3) is 0 Å². The summed E-state index contributed by atoms with van der Waals surface area (Å²) in [5.41, 5.74) is 0. The maximum Gasteiger partial charge on any atom is 0.306 e. The molecular weight excluding hydrogens is 512 g/mol. The first-order chi connectivity index (χ1) is 20.1. The van der Waals surface area contributed by atoms with Gasteiger partial charge in [0.25, 0.3) is 0 Å². The highest BCUT2D eigenvalue weighted by Gasteiger charge is 2.16. The Morgan fingerprint density at radius 1 is 0.537 bits per heavy atom. The largest absolute Gasteiger partial charge is 0.462 e. The van der Waals surface area contributed by atoms with Crippen molar-refractivity contribution in [2.24, 2.45) is 0 Å². The fraction of sp³-hybridized carbons (Fsp3) is 0.889. The van der Waals surface area contributed by atoms with Gasteiger partial charge in [0, 0.05) is 12.8 Å². The lowest BCUT2D eigenvalue weighted by molar-refractivity contribution is -0.161. The highest BCUT2D eigenvalue weighted by Crippen LogP contribution is 2.14. The predicted octanol–water partition coefficient (Wildman–Crippen LogP) is 10.6. The maximum atomic E-state index is 12.1. The van der Waals surface area contributed by atoms with Crippen LogP contribution in [0.15, 0.2) is 12.2 Å². The Hall–Kier alpha value is -1.36. The van der Waals surface area contributed by atoms with Crippen molar-refractivity contribution in [1.29, 1.82) is 0 Å². The van der Waals surface area contributed by atoms with Gasteiger partial charge in [0.1, 0.15) is 6.61 Å². The topological polar surface area (TPSA) is 72.8 Å². The van der Waals surface area contributed by atoms with Crippen LogP contribution in [-0.4, -0.2) is 36.4 Å². The Kier molecular flexibility index (Phi) is 32.0. The van der Waals surface area contributed by atoms with E-state index in [0.29, 0.717) is 12.8 Å². The Bertz CT molecular complexity index is 589. The van der Waals surface area contributed by atoms with E-state index < -0.39 is 6.10 Å². The molecule has 0 aliphatic rings. The molecule has 0 heterocycles. The first-order valence-electron chi connectivity index (χ1n) is 17.7. The van der Waals surface area contributed by atoms with Gasteiger partial charge in [0.15, 0.2) is 6.10 Å². The molecule has 242 valence electrons. The third-order valence-corrected chi connectivity index (χ3v) is 7.81. The molecule has 41 heavy (non-hydrogen) atoms. The monoisotopic (exact) mass is 581 g/mol. The number of hydrogen-bond acceptors (Lipinski definition) is 5. The molecule has 1 N–H and O–H groups in total. The van der Waals surface area contributed by atoms with Crippen molar-refractivity contribution in [3.05, 3.63) is 12.2 Å². The fourth-order valence-electron chi connectivity index (χ4n) is 5.08. The molecule has 0 aliphatic carbocycles. The number of allylic oxidation sites excluding steroid dienone is 2. The second kappa shape index (κ2) is 33.1. The molecule has 5 nitrogen and oxygen atoms in total. The zero-order valence-electron chi connectivity index (χ0n) is 27.3. The van der Waals surface area contributed by atoms with Crippen molar-refractivity contribution < 1.29 is 24.2 Å². The summed E-state index contributed by atoms with van der Waals surface area (Å²) >= 11 is 0. The molecule has 0 fully saturated rings. The summed E-state index contributed by atoms with van der Waals surface area (Å²) in [7, 11) is 0. The van der Waals surface area contributed by atoms with Gasteiger partial charge in [-0.25, -0.2) is 0 Å². The lowest BCUT2D eigenvalue weighted by Gasteiger charge is -2.15. The Balaban J connectivity index is 3.55. The molecule has 1 atom stereocenters. The standard InChI is InChI=1S/C36H68O5/c1-3-5-7-9-11-13-15-17-18-19-21-22-24-26-28-30-35(38)40-33-34(32-37)41-36(39)31-29-27-25-23-20-16-14-12-10-8-6-4-2/h13,15,34,37H,3-12,14,16-33H2,1-2H3. The van der Waals surface area contributed by atoms with Crippen molar-refractivity contribution in [1.82, 2.24) is 0 Å². The highest BCUT2D eigenvalue weighted by atomic mass is 16.6. The highest BCUT2D eigenvalue weighted by molar-refractivity contribution is 5.70. The number of esters is 2. The minimum atomic E-state index is -0.764. The smallest absolute Gasteiger partial charge is 0.306 e. The van der Waals surface area contributed by atoms with Crippen LogP contribution < -0.4 is 0 Å². The molecule has 0 rings (SSSR count). The molecule has 0 aliphatic heterocycles. The van der Waals surface area contributed by atoms with Crippen LogP contribution >= 0.6 is 0 Å². The molecule has 0 aromatic heterocycles. The number of aliphatic hydroxyl groups is 1. The molecule has 1 unspecified atom stereocenters. The van der Waals surface area contributed by atoms with E-state index >= 15 is 0 Å². The first kappa shape index (κ1) is 39.6. The van der Waals surface area contributed by atoms with Gasteiger partial charge in [0.2, 0.25) is 0 Å². The van der Waals surface area contributed by atoms with Crippen LogP contribution in [0.3, 0.4) is 0 Å². The van der Waals surface area contributed by atoms with E-state index in [1.54, 1.807) is 0 Å². The van der Waals surface area contributed by atoms with Gasteiger partial charge in [-0.1, -0.05) is 148 Å². The fourth-order valence-corrected chi connectivity index (χ4v) is 5.08. The van der Waals surface area contributed by atoms with E-state index in [-0.39, 0.29) is 25.2 Å². The minimum Gasteiger partial charge on any atom is -0.462 e. The number of aliphatic hydroxyl groups excluding tert-OH is 1. The van der Waals surface area contributed by atoms with Crippen LogP contribution in [0.1, 0.15) is 187 Å². The molecule has 5 heteroatoms. The Morgan fingerprint density at radius 3 is 1.34 bits per heavy atom. The number of unbranched alkanes of at least 4 members (excludes halogenated alkanes) is 22. The van der Waals surface area contributed by atoms with Crippen LogP contribution in [0, 0.1) is 0 Å². The van der Waals surface area contributed by atoms with Crippen LogP contribution in [0.4, 0.5) is 0 Å². The van der Waals surface area contributed by atoms with Gasteiger partial charge in [-0.05, 0) is 38.5 Å². The Labute approximate surface area is 254 Å². The molecule has 0 radical (unpaired) electrons. The average Bonchev–Trinajstić information content (AvgIpc) is 2.97. The lowest BCUT2D eigenvalue weighted by Crippen LogP contribution is -2.28. The average molecular weight is 581 g/mol. The van der Waals surface area contributed by atoms with E-state index in [2.05, 4.69) is 26.0 Å². The molecule has 0 spiro atoms. The molecule has 0 amide bonds.